The number of thiazole rings is 1. The standard InChI is InChI=1S/C19H20N4O2S/c24-19(14-4-7-23(8-5-14)11-17-6-9-25-22-17)21-16-3-1-2-15(10-16)18-12-26-13-20-18/h1-3,6,9-10,12-14H,4-5,7-8,11H2,(H,21,24). The van der Waals surface area contributed by atoms with Crippen molar-refractivity contribution in [3.8, 4) is 11.3 Å². The van der Waals surface area contributed by atoms with E-state index in [0.29, 0.717) is 0 Å². The molecule has 26 heavy (non-hydrogen) atoms. The fourth-order valence-electron chi connectivity index (χ4n) is 3.26. The molecule has 1 amide bonds. The maximum Gasteiger partial charge on any atom is 0.227 e. The Labute approximate surface area is 155 Å². The van der Waals surface area contributed by atoms with E-state index in [1.807, 2.05) is 41.2 Å². The first-order valence-electron chi connectivity index (χ1n) is 8.69. The summed E-state index contributed by atoms with van der Waals surface area (Å²) in [5, 5.41) is 9.02. The quantitative estimate of drug-likeness (QED) is 0.744. The lowest BCUT2D eigenvalue weighted by molar-refractivity contribution is -0.121. The summed E-state index contributed by atoms with van der Waals surface area (Å²) < 4.78 is 4.87. The third kappa shape index (κ3) is 4.00. The number of rotatable bonds is 5. The molecule has 2 aromatic heterocycles. The fraction of sp³-hybridized carbons (Fsp3) is 0.316. The Balaban J connectivity index is 1.32. The second-order valence-corrected chi connectivity index (χ2v) is 7.20. The van der Waals surface area contributed by atoms with E-state index >= 15 is 0 Å². The SMILES string of the molecule is O=C(Nc1cccc(-c2cscn2)c1)C1CCN(Cc2ccon2)CC1. The maximum absolute atomic E-state index is 12.6. The van der Waals surface area contributed by atoms with Crippen molar-refractivity contribution in [2.45, 2.75) is 19.4 Å². The third-order valence-electron chi connectivity index (χ3n) is 4.69. The van der Waals surface area contributed by atoms with E-state index in [1.54, 1.807) is 17.6 Å². The number of amides is 1. The summed E-state index contributed by atoms with van der Waals surface area (Å²) in [6, 6.07) is 9.74. The Morgan fingerprint density at radius 1 is 1.31 bits per heavy atom. The molecular weight excluding hydrogens is 348 g/mol. The molecule has 0 radical (unpaired) electrons. The van der Waals surface area contributed by atoms with Crippen LogP contribution in [0.1, 0.15) is 18.5 Å². The predicted octanol–water partition coefficient (Wildman–Crippen LogP) is 3.65. The van der Waals surface area contributed by atoms with Crippen molar-refractivity contribution < 1.29 is 9.32 Å². The number of hydrogen-bond donors (Lipinski definition) is 1. The Morgan fingerprint density at radius 2 is 2.19 bits per heavy atom. The molecule has 0 spiro atoms. The Hall–Kier alpha value is -2.51. The summed E-state index contributed by atoms with van der Waals surface area (Å²) in [4.78, 5) is 19.3. The van der Waals surface area contributed by atoms with Crippen molar-refractivity contribution in [2.24, 2.45) is 5.92 Å². The van der Waals surface area contributed by atoms with Crippen molar-refractivity contribution in [1.82, 2.24) is 15.0 Å². The molecule has 3 aromatic rings. The van der Waals surface area contributed by atoms with Gasteiger partial charge >= 0.3 is 0 Å². The molecule has 0 saturated carbocycles. The Kier molecular flexibility index (Phi) is 5.08. The molecule has 1 fully saturated rings. The van der Waals surface area contributed by atoms with Gasteiger partial charge in [-0.2, -0.15) is 0 Å². The average molecular weight is 368 g/mol. The Morgan fingerprint density at radius 3 is 2.92 bits per heavy atom. The second-order valence-electron chi connectivity index (χ2n) is 6.48. The number of anilines is 1. The first kappa shape index (κ1) is 16.9. The molecule has 1 N–H and O–H groups in total. The van der Waals surface area contributed by atoms with Crippen molar-refractivity contribution in [3.05, 3.63) is 53.2 Å². The first-order valence-corrected chi connectivity index (χ1v) is 9.63. The van der Waals surface area contributed by atoms with Gasteiger partial charge in [-0.25, -0.2) is 4.98 Å². The van der Waals surface area contributed by atoms with Crippen LogP contribution in [0.3, 0.4) is 0 Å². The molecule has 0 unspecified atom stereocenters. The fourth-order valence-corrected chi connectivity index (χ4v) is 3.82. The summed E-state index contributed by atoms with van der Waals surface area (Å²) >= 11 is 1.56. The number of likely N-dealkylation sites (tertiary alicyclic amines) is 1. The van der Waals surface area contributed by atoms with Gasteiger partial charge in [0, 0.05) is 35.2 Å². The Bertz CT molecular complexity index is 840. The van der Waals surface area contributed by atoms with E-state index in [2.05, 4.69) is 20.4 Å². The van der Waals surface area contributed by atoms with Crippen molar-refractivity contribution >= 4 is 22.9 Å². The van der Waals surface area contributed by atoms with Gasteiger partial charge in [0.15, 0.2) is 0 Å². The molecule has 1 saturated heterocycles. The molecule has 1 aliphatic heterocycles. The minimum Gasteiger partial charge on any atom is -0.364 e. The number of nitrogens with zero attached hydrogens (tertiary/aromatic N) is 3. The van der Waals surface area contributed by atoms with E-state index in [4.69, 9.17) is 4.52 Å². The van der Waals surface area contributed by atoms with Gasteiger partial charge in [-0.15, -0.1) is 11.3 Å². The van der Waals surface area contributed by atoms with Crippen molar-refractivity contribution in [3.63, 3.8) is 0 Å². The van der Waals surface area contributed by atoms with E-state index in [1.165, 1.54) is 0 Å². The van der Waals surface area contributed by atoms with Crippen LogP contribution in [0.15, 0.2) is 52.0 Å². The monoisotopic (exact) mass is 368 g/mol. The third-order valence-corrected chi connectivity index (χ3v) is 5.28. The van der Waals surface area contributed by atoms with Crippen LogP contribution in [-0.4, -0.2) is 34.0 Å². The van der Waals surface area contributed by atoms with Crippen LogP contribution >= 0.6 is 11.3 Å². The summed E-state index contributed by atoms with van der Waals surface area (Å²) in [7, 11) is 0. The molecule has 1 aliphatic rings. The molecule has 0 aliphatic carbocycles. The molecule has 3 heterocycles. The van der Waals surface area contributed by atoms with E-state index in [9.17, 15) is 4.79 Å². The first-order chi connectivity index (χ1) is 12.8. The number of aromatic nitrogens is 2. The topological polar surface area (TPSA) is 71.3 Å². The number of nitrogens with one attached hydrogen (secondary N) is 1. The van der Waals surface area contributed by atoms with E-state index in [0.717, 1.165) is 55.1 Å². The number of carbonyl (C=O) groups excluding carboxylic acids is 1. The molecule has 7 heteroatoms. The molecule has 4 rings (SSSR count). The maximum atomic E-state index is 12.6. The molecule has 6 nitrogen and oxygen atoms in total. The lowest BCUT2D eigenvalue weighted by atomic mass is 9.95. The number of benzene rings is 1. The number of hydrogen-bond acceptors (Lipinski definition) is 6. The molecular formula is C19H20N4O2S. The molecule has 1 aromatic carbocycles. The van der Waals surface area contributed by atoms with Gasteiger partial charge in [0.25, 0.3) is 0 Å². The van der Waals surface area contributed by atoms with Crippen molar-refractivity contribution in [2.75, 3.05) is 18.4 Å². The molecule has 134 valence electrons. The summed E-state index contributed by atoms with van der Waals surface area (Å²) in [6.45, 7) is 2.56. The minimum absolute atomic E-state index is 0.0477. The summed E-state index contributed by atoms with van der Waals surface area (Å²) in [5.74, 6) is 0.146. The van der Waals surface area contributed by atoms with E-state index < -0.39 is 0 Å². The van der Waals surface area contributed by atoms with Gasteiger partial charge in [-0.05, 0) is 38.1 Å². The van der Waals surface area contributed by atoms with Gasteiger partial charge in [0.2, 0.25) is 5.91 Å². The highest BCUT2D eigenvalue weighted by Crippen LogP contribution is 2.24. The van der Waals surface area contributed by atoms with Crippen LogP contribution in [0.2, 0.25) is 0 Å². The van der Waals surface area contributed by atoms with Crippen LogP contribution < -0.4 is 5.32 Å². The predicted molar refractivity (Wildman–Crippen MR) is 101 cm³/mol. The molecule has 0 bridgehead atoms. The highest BCUT2D eigenvalue weighted by Gasteiger charge is 2.25. The smallest absolute Gasteiger partial charge is 0.227 e. The van der Waals surface area contributed by atoms with Crippen LogP contribution in [0.5, 0.6) is 0 Å². The van der Waals surface area contributed by atoms with Gasteiger partial charge in [-0.1, -0.05) is 17.3 Å². The highest BCUT2D eigenvalue weighted by atomic mass is 32.1. The van der Waals surface area contributed by atoms with Crippen LogP contribution in [0.25, 0.3) is 11.3 Å². The van der Waals surface area contributed by atoms with Gasteiger partial charge in [0.1, 0.15) is 6.26 Å². The van der Waals surface area contributed by atoms with Gasteiger partial charge < -0.3 is 9.84 Å². The van der Waals surface area contributed by atoms with Crippen LogP contribution in [0, 0.1) is 5.92 Å². The number of piperidine rings is 1. The second kappa shape index (κ2) is 7.80. The van der Waals surface area contributed by atoms with Crippen molar-refractivity contribution in [1.29, 1.82) is 0 Å². The van der Waals surface area contributed by atoms with Crippen LogP contribution in [-0.2, 0) is 11.3 Å². The van der Waals surface area contributed by atoms with Crippen LogP contribution in [0.4, 0.5) is 5.69 Å². The van der Waals surface area contributed by atoms with Gasteiger partial charge in [0.05, 0.1) is 16.9 Å². The zero-order chi connectivity index (χ0) is 17.8. The zero-order valence-corrected chi connectivity index (χ0v) is 15.1. The highest BCUT2D eigenvalue weighted by molar-refractivity contribution is 7.07. The summed E-state index contributed by atoms with van der Waals surface area (Å²) in [6.07, 6.45) is 3.31. The minimum atomic E-state index is 0.0477. The normalized spacial score (nSPS) is 15.8. The van der Waals surface area contributed by atoms with Gasteiger partial charge in [-0.3, -0.25) is 9.69 Å². The lowest BCUT2D eigenvalue weighted by Gasteiger charge is -2.30. The number of carbonyl (C=O) groups is 1. The molecule has 0 atom stereocenters. The lowest BCUT2D eigenvalue weighted by Crippen LogP contribution is -2.37. The largest absolute Gasteiger partial charge is 0.364 e. The zero-order valence-electron chi connectivity index (χ0n) is 14.3. The van der Waals surface area contributed by atoms with E-state index in [-0.39, 0.29) is 11.8 Å². The average Bonchev–Trinajstić information content (AvgIpc) is 3.37. The summed E-state index contributed by atoms with van der Waals surface area (Å²) in [5.41, 5.74) is 5.53.